The minimum atomic E-state index is -0.524. The molecule has 0 heterocycles. The molecule has 4 nitrogen and oxygen atoms in total. The van der Waals surface area contributed by atoms with Crippen LogP contribution in [0.25, 0.3) is 0 Å². The molecular weight excluding hydrogens is 224 g/mol. The molecule has 0 saturated heterocycles. The smallest absolute Gasteiger partial charge is 0.407 e. The summed E-state index contributed by atoms with van der Waals surface area (Å²) >= 11 is 4.91. The molecule has 16 heavy (non-hydrogen) atoms. The van der Waals surface area contributed by atoms with Gasteiger partial charge in [0.2, 0.25) is 0 Å². The van der Waals surface area contributed by atoms with Gasteiger partial charge in [0, 0.05) is 0 Å². The van der Waals surface area contributed by atoms with E-state index in [9.17, 15) is 4.79 Å². The first-order valence-corrected chi connectivity index (χ1v) is 5.33. The molecule has 1 aromatic rings. The highest BCUT2D eigenvalue weighted by Gasteiger charge is 2.17. The molecule has 3 N–H and O–H groups in total. The Morgan fingerprint density at radius 3 is 2.62 bits per heavy atom. The van der Waals surface area contributed by atoms with E-state index in [1.165, 1.54) is 0 Å². The maximum atomic E-state index is 11.3. The molecule has 0 fully saturated rings. The second kappa shape index (κ2) is 6.07. The molecule has 0 aliphatic rings. The molecule has 0 aliphatic carbocycles. The predicted octanol–water partition coefficient (Wildman–Crippen LogP) is 1.76. The molecule has 1 amide bonds. The standard InChI is InChI=1S/C11H14N2O2S/c1-2-15-11(14)13-9(10(12)16)8-6-4-3-5-7-8/h3-7,9H,2H2,1H3,(H2,12,16)(H,13,14). The maximum Gasteiger partial charge on any atom is 0.407 e. The minimum absolute atomic E-state index is 0.208. The third-order valence-corrected chi connectivity index (χ3v) is 2.19. The number of hydrogen-bond acceptors (Lipinski definition) is 3. The van der Waals surface area contributed by atoms with Crippen molar-refractivity contribution < 1.29 is 9.53 Å². The van der Waals surface area contributed by atoms with Gasteiger partial charge >= 0.3 is 6.09 Å². The van der Waals surface area contributed by atoms with Gasteiger partial charge in [-0.15, -0.1) is 0 Å². The van der Waals surface area contributed by atoms with Crippen LogP contribution in [0.1, 0.15) is 18.5 Å². The van der Waals surface area contributed by atoms with Gasteiger partial charge in [-0.25, -0.2) is 4.79 Å². The fourth-order valence-electron chi connectivity index (χ4n) is 1.25. The van der Waals surface area contributed by atoms with Crippen molar-refractivity contribution in [2.24, 2.45) is 5.73 Å². The van der Waals surface area contributed by atoms with E-state index in [0.29, 0.717) is 6.61 Å². The van der Waals surface area contributed by atoms with E-state index >= 15 is 0 Å². The lowest BCUT2D eigenvalue weighted by Gasteiger charge is -2.17. The molecule has 1 aromatic carbocycles. The Bertz CT molecular complexity index is 368. The summed E-state index contributed by atoms with van der Waals surface area (Å²) in [5.41, 5.74) is 6.41. The summed E-state index contributed by atoms with van der Waals surface area (Å²) in [6, 6.07) is 8.78. The zero-order chi connectivity index (χ0) is 12.0. The van der Waals surface area contributed by atoms with E-state index in [4.69, 9.17) is 22.7 Å². The number of benzene rings is 1. The number of nitrogens with one attached hydrogen (secondary N) is 1. The number of amides is 1. The van der Waals surface area contributed by atoms with Gasteiger partial charge in [0.1, 0.15) is 11.0 Å². The molecule has 0 bridgehead atoms. The number of carbonyl (C=O) groups excluding carboxylic acids is 1. The summed E-state index contributed by atoms with van der Waals surface area (Å²) < 4.78 is 4.78. The normalized spacial score (nSPS) is 11.6. The van der Waals surface area contributed by atoms with Crippen LogP contribution in [0, 0.1) is 0 Å². The zero-order valence-corrected chi connectivity index (χ0v) is 9.79. The quantitative estimate of drug-likeness (QED) is 0.784. The number of nitrogens with two attached hydrogens (primary N) is 1. The SMILES string of the molecule is CCOC(=O)NC(C(N)=S)c1ccccc1. The molecule has 0 aliphatic heterocycles. The second-order valence-corrected chi connectivity index (χ2v) is 3.58. The second-order valence-electron chi connectivity index (χ2n) is 3.11. The van der Waals surface area contributed by atoms with Crippen molar-refractivity contribution in [3.05, 3.63) is 35.9 Å². The van der Waals surface area contributed by atoms with Crippen molar-refractivity contribution >= 4 is 23.3 Å². The van der Waals surface area contributed by atoms with Crippen LogP contribution in [0.2, 0.25) is 0 Å². The van der Waals surface area contributed by atoms with Crippen molar-refractivity contribution in [2.45, 2.75) is 13.0 Å². The fourth-order valence-corrected chi connectivity index (χ4v) is 1.45. The number of hydrogen-bond donors (Lipinski definition) is 2. The Balaban J connectivity index is 2.77. The van der Waals surface area contributed by atoms with E-state index in [0.717, 1.165) is 5.56 Å². The largest absolute Gasteiger partial charge is 0.450 e. The first-order valence-electron chi connectivity index (χ1n) is 4.92. The summed E-state index contributed by atoms with van der Waals surface area (Å²) in [7, 11) is 0. The molecule has 1 atom stereocenters. The summed E-state index contributed by atoms with van der Waals surface area (Å²) in [5.74, 6) is 0. The molecule has 0 aromatic heterocycles. The molecule has 5 heteroatoms. The van der Waals surface area contributed by atoms with Crippen LogP contribution >= 0.6 is 12.2 Å². The molecule has 0 radical (unpaired) electrons. The Labute approximate surface area is 99.8 Å². The van der Waals surface area contributed by atoms with E-state index in [1.54, 1.807) is 6.92 Å². The van der Waals surface area contributed by atoms with E-state index in [1.807, 2.05) is 30.3 Å². The highest BCUT2D eigenvalue weighted by atomic mass is 32.1. The third-order valence-electron chi connectivity index (χ3n) is 1.96. The molecule has 0 spiro atoms. The number of ether oxygens (including phenoxy) is 1. The van der Waals surface area contributed by atoms with Gasteiger partial charge in [-0.05, 0) is 12.5 Å². The van der Waals surface area contributed by atoms with Crippen molar-refractivity contribution in [1.82, 2.24) is 5.32 Å². The third kappa shape index (κ3) is 3.51. The van der Waals surface area contributed by atoms with Crippen LogP contribution in [0.4, 0.5) is 4.79 Å². The van der Waals surface area contributed by atoms with Crippen molar-refractivity contribution in [1.29, 1.82) is 0 Å². The van der Waals surface area contributed by atoms with E-state index < -0.39 is 12.1 Å². The topological polar surface area (TPSA) is 64.3 Å². The number of rotatable bonds is 4. The van der Waals surface area contributed by atoms with Gasteiger partial charge < -0.3 is 15.8 Å². The van der Waals surface area contributed by atoms with Gasteiger partial charge in [0.25, 0.3) is 0 Å². The summed E-state index contributed by atoms with van der Waals surface area (Å²) in [5, 5.41) is 2.61. The highest BCUT2D eigenvalue weighted by Crippen LogP contribution is 2.12. The average molecular weight is 238 g/mol. The van der Waals surface area contributed by atoms with Crippen LogP contribution in [-0.4, -0.2) is 17.7 Å². The average Bonchev–Trinajstić information content (AvgIpc) is 2.27. The Morgan fingerprint density at radius 2 is 2.12 bits per heavy atom. The van der Waals surface area contributed by atoms with Gasteiger partial charge in [0.15, 0.2) is 0 Å². The fraction of sp³-hybridized carbons (Fsp3) is 0.273. The molecule has 86 valence electrons. The first kappa shape index (κ1) is 12.4. The number of carbonyl (C=O) groups is 1. The van der Waals surface area contributed by atoms with Gasteiger partial charge in [-0.1, -0.05) is 42.5 Å². The lowest BCUT2D eigenvalue weighted by atomic mass is 10.1. The Morgan fingerprint density at radius 1 is 1.50 bits per heavy atom. The van der Waals surface area contributed by atoms with E-state index in [2.05, 4.69) is 5.32 Å². The van der Waals surface area contributed by atoms with Gasteiger partial charge in [-0.2, -0.15) is 0 Å². The predicted molar refractivity (Wildman–Crippen MR) is 66.1 cm³/mol. The summed E-state index contributed by atoms with van der Waals surface area (Å²) in [6.07, 6.45) is -0.524. The van der Waals surface area contributed by atoms with Gasteiger partial charge in [0.05, 0.1) is 6.61 Å². The zero-order valence-electron chi connectivity index (χ0n) is 8.97. The Hall–Kier alpha value is -1.62. The van der Waals surface area contributed by atoms with Crippen molar-refractivity contribution in [3.8, 4) is 0 Å². The van der Waals surface area contributed by atoms with E-state index in [-0.39, 0.29) is 4.99 Å². The summed E-state index contributed by atoms with van der Waals surface area (Å²) in [6.45, 7) is 2.04. The lowest BCUT2D eigenvalue weighted by Crippen LogP contribution is -2.36. The summed E-state index contributed by atoms with van der Waals surface area (Å²) in [4.78, 5) is 11.5. The highest BCUT2D eigenvalue weighted by molar-refractivity contribution is 7.80. The molecule has 1 rings (SSSR count). The molecule has 1 unspecified atom stereocenters. The Kier molecular flexibility index (Phi) is 4.72. The molecule has 0 saturated carbocycles. The van der Waals surface area contributed by atoms with Crippen LogP contribution < -0.4 is 11.1 Å². The van der Waals surface area contributed by atoms with Crippen LogP contribution in [0.15, 0.2) is 30.3 Å². The van der Waals surface area contributed by atoms with Crippen molar-refractivity contribution in [2.75, 3.05) is 6.61 Å². The molecular formula is C11H14N2O2S. The first-order chi connectivity index (χ1) is 7.65. The van der Waals surface area contributed by atoms with Gasteiger partial charge in [-0.3, -0.25) is 0 Å². The lowest BCUT2D eigenvalue weighted by molar-refractivity contribution is 0.150. The monoisotopic (exact) mass is 238 g/mol. The minimum Gasteiger partial charge on any atom is -0.450 e. The van der Waals surface area contributed by atoms with Crippen LogP contribution in [-0.2, 0) is 4.74 Å². The number of alkyl carbamates (subject to hydrolysis) is 1. The maximum absolute atomic E-state index is 11.3. The van der Waals surface area contributed by atoms with Crippen molar-refractivity contribution in [3.63, 3.8) is 0 Å². The van der Waals surface area contributed by atoms with Crippen LogP contribution in [0.5, 0.6) is 0 Å². The van der Waals surface area contributed by atoms with Crippen LogP contribution in [0.3, 0.4) is 0 Å². The number of thiocarbonyl (C=S) groups is 1.